The number of carboxylic acids is 1. The number of H-pyrrole nitrogens is 1. The van der Waals surface area contributed by atoms with Crippen molar-refractivity contribution in [2.24, 2.45) is 0 Å². The van der Waals surface area contributed by atoms with E-state index in [-0.39, 0.29) is 5.82 Å². The van der Waals surface area contributed by atoms with E-state index in [0.717, 1.165) is 5.52 Å². The lowest BCUT2D eigenvalue weighted by molar-refractivity contribution is -0.135. The highest BCUT2D eigenvalue weighted by Gasteiger charge is 2.11. The Hall–Kier alpha value is -2.37. The predicted molar refractivity (Wildman–Crippen MR) is 67.4 cm³/mol. The molecule has 1 amide bonds. The molecule has 96 valence electrons. The molecule has 6 nitrogen and oxygen atoms in total. The standard InChI is InChI=1S/C10H9N3O3.C2H6/c14-8(15)5-11-10(16)9-12-6-3-1-2-4-7(6)13-9;1-2/h1-4H,5H2,(H,11,16)(H,12,13)(H,14,15);1-2H3. The van der Waals surface area contributed by atoms with E-state index in [2.05, 4.69) is 15.3 Å². The maximum atomic E-state index is 11.5. The normalized spacial score (nSPS) is 9.44. The van der Waals surface area contributed by atoms with Gasteiger partial charge in [0.25, 0.3) is 5.91 Å². The fraction of sp³-hybridized carbons (Fsp3) is 0.250. The van der Waals surface area contributed by atoms with Crippen LogP contribution < -0.4 is 5.32 Å². The molecule has 3 N–H and O–H groups in total. The molecule has 18 heavy (non-hydrogen) atoms. The quantitative estimate of drug-likeness (QED) is 0.766. The minimum absolute atomic E-state index is 0.113. The van der Waals surface area contributed by atoms with Crippen LogP contribution in [-0.4, -0.2) is 33.5 Å². The van der Waals surface area contributed by atoms with E-state index in [9.17, 15) is 9.59 Å². The monoisotopic (exact) mass is 249 g/mol. The van der Waals surface area contributed by atoms with Gasteiger partial charge in [-0.3, -0.25) is 9.59 Å². The van der Waals surface area contributed by atoms with E-state index in [0.29, 0.717) is 5.52 Å². The van der Waals surface area contributed by atoms with Crippen LogP contribution in [0.25, 0.3) is 11.0 Å². The van der Waals surface area contributed by atoms with E-state index in [1.165, 1.54) is 0 Å². The fourth-order valence-corrected chi connectivity index (χ4v) is 1.30. The first kappa shape index (κ1) is 13.7. The zero-order valence-corrected chi connectivity index (χ0v) is 10.2. The summed E-state index contributed by atoms with van der Waals surface area (Å²) in [4.78, 5) is 28.5. The van der Waals surface area contributed by atoms with Crippen LogP contribution in [0.5, 0.6) is 0 Å². The number of aromatic amines is 1. The van der Waals surface area contributed by atoms with Gasteiger partial charge in [0, 0.05) is 0 Å². The molecule has 2 aromatic rings. The van der Waals surface area contributed by atoms with Crippen molar-refractivity contribution >= 4 is 22.9 Å². The predicted octanol–water partition coefficient (Wildman–Crippen LogP) is 1.40. The fourth-order valence-electron chi connectivity index (χ4n) is 1.30. The van der Waals surface area contributed by atoms with Crippen LogP contribution in [0.1, 0.15) is 24.5 Å². The summed E-state index contributed by atoms with van der Waals surface area (Å²) >= 11 is 0. The molecule has 1 aromatic heterocycles. The summed E-state index contributed by atoms with van der Waals surface area (Å²) in [5, 5.41) is 10.6. The van der Waals surface area contributed by atoms with Crippen LogP contribution in [0.15, 0.2) is 24.3 Å². The lowest BCUT2D eigenvalue weighted by atomic mass is 10.3. The first-order valence-electron chi connectivity index (χ1n) is 5.61. The van der Waals surface area contributed by atoms with Crippen LogP contribution in [0.3, 0.4) is 0 Å². The molecule has 0 radical (unpaired) electrons. The smallest absolute Gasteiger partial charge is 0.322 e. The van der Waals surface area contributed by atoms with Gasteiger partial charge in [-0.05, 0) is 12.1 Å². The van der Waals surface area contributed by atoms with Crippen LogP contribution in [0.2, 0.25) is 0 Å². The van der Waals surface area contributed by atoms with Gasteiger partial charge in [-0.25, -0.2) is 4.98 Å². The largest absolute Gasteiger partial charge is 0.480 e. The number of rotatable bonds is 3. The van der Waals surface area contributed by atoms with Crippen molar-refractivity contribution in [2.75, 3.05) is 6.54 Å². The van der Waals surface area contributed by atoms with Crippen molar-refractivity contribution in [1.29, 1.82) is 0 Å². The SMILES string of the molecule is CC.O=C(O)CNC(=O)c1nc2ccccc2[nH]1. The Kier molecular flexibility index (Phi) is 4.86. The van der Waals surface area contributed by atoms with Crippen LogP contribution >= 0.6 is 0 Å². The molecule has 1 heterocycles. The number of carbonyl (C=O) groups is 2. The summed E-state index contributed by atoms with van der Waals surface area (Å²) < 4.78 is 0. The van der Waals surface area contributed by atoms with E-state index in [1.54, 1.807) is 12.1 Å². The molecule has 2 rings (SSSR count). The number of hydrogen-bond acceptors (Lipinski definition) is 3. The zero-order chi connectivity index (χ0) is 13.5. The highest BCUT2D eigenvalue weighted by molar-refractivity contribution is 5.95. The van der Waals surface area contributed by atoms with Gasteiger partial charge in [-0.15, -0.1) is 0 Å². The molecule has 0 spiro atoms. The van der Waals surface area contributed by atoms with E-state index in [1.807, 2.05) is 26.0 Å². The average Bonchev–Trinajstić information content (AvgIpc) is 2.82. The zero-order valence-electron chi connectivity index (χ0n) is 10.2. The van der Waals surface area contributed by atoms with Crippen molar-refractivity contribution in [3.05, 3.63) is 30.1 Å². The molecule has 0 saturated heterocycles. The Labute approximate surface area is 104 Å². The van der Waals surface area contributed by atoms with Gasteiger partial charge in [0.05, 0.1) is 11.0 Å². The van der Waals surface area contributed by atoms with Gasteiger partial charge < -0.3 is 15.4 Å². The number of fused-ring (bicyclic) bond motifs is 1. The number of imidazole rings is 1. The van der Waals surface area contributed by atoms with Crippen molar-refractivity contribution in [3.8, 4) is 0 Å². The van der Waals surface area contributed by atoms with Crippen LogP contribution in [-0.2, 0) is 4.79 Å². The van der Waals surface area contributed by atoms with Crippen molar-refractivity contribution < 1.29 is 14.7 Å². The van der Waals surface area contributed by atoms with Crippen molar-refractivity contribution in [3.63, 3.8) is 0 Å². The summed E-state index contributed by atoms with van der Waals surface area (Å²) in [6.45, 7) is 3.58. The van der Waals surface area contributed by atoms with E-state index >= 15 is 0 Å². The van der Waals surface area contributed by atoms with Gasteiger partial charge in [-0.2, -0.15) is 0 Å². The first-order chi connectivity index (χ1) is 8.66. The minimum Gasteiger partial charge on any atom is -0.480 e. The Balaban J connectivity index is 0.000000771. The molecule has 0 fully saturated rings. The van der Waals surface area contributed by atoms with E-state index in [4.69, 9.17) is 5.11 Å². The second kappa shape index (κ2) is 6.39. The molecular weight excluding hydrogens is 234 g/mol. The molecule has 1 aromatic carbocycles. The third kappa shape index (κ3) is 3.31. The molecule has 0 atom stereocenters. The second-order valence-corrected chi connectivity index (χ2v) is 3.18. The summed E-state index contributed by atoms with van der Waals surface area (Å²) in [5.41, 5.74) is 1.41. The van der Waals surface area contributed by atoms with Gasteiger partial charge in [0.1, 0.15) is 6.54 Å². The number of carboxylic acid groups (broad SMARTS) is 1. The number of amides is 1. The lowest BCUT2D eigenvalue weighted by Crippen LogP contribution is -2.29. The third-order valence-corrected chi connectivity index (χ3v) is 2.00. The third-order valence-electron chi connectivity index (χ3n) is 2.00. The van der Waals surface area contributed by atoms with Gasteiger partial charge in [0.15, 0.2) is 5.82 Å². The highest BCUT2D eigenvalue weighted by Crippen LogP contribution is 2.09. The molecule has 0 bridgehead atoms. The number of aromatic nitrogens is 2. The lowest BCUT2D eigenvalue weighted by Gasteiger charge is -1.97. The summed E-state index contributed by atoms with van der Waals surface area (Å²) in [6, 6.07) is 7.18. The average molecular weight is 249 g/mol. The number of hydrogen-bond donors (Lipinski definition) is 3. The van der Waals surface area contributed by atoms with Gasteiger partial charge >= 0.3 is 5.97 Å². The number of benzene rings is 1. The summed E-state index contributed by atoms with van der Waals surface area (Å²) in [5.74, 6) is -1.51. The van der Waals surface area contributed by atoms with Gasteiger partial charge in [0.2, 0.25) is 0 Å². The highest BCUT2D eigenvalue weighted by atomic mass is 16.4. The maximum absolute atomic E-state index is 11.5. The number of para-hydroxylation sites is 2. The summed E-state index contributed by atoms with van der Waals surface area (Å²) in [7, 11) is 0. The topological polar surface area (TPSA) is 95.1 Å². The van der Waals surface area contributed by atoms with Gasteiger partial charge in [-0.1, -0.05) is 26.0 Å². The maximum Gasteiger partial charge on any atom is 0.322 e. The van der Waals surface area contributed by atoms with Crippen LogP contribution in [0, 0.1) is 0 Å². The number of carbonyl (C=O) groups excluding carboxylic acids is 1. The molecule has 0 aliphatic heterocycles. The molecule has 0 aliphatic carbocycles. The van der Waals surface area contributed by atoms with Crippen molar-refractivity contribution in [1.82, 2.24) is 15.3 Å². The molecule has 0 saturated carbocycles. The number of aliphatic carboxylic acids is 1. The summed E-state index contributed by atoms with van der Waals surface area (Å²) in [6.07, 6.45) is 0. The van der Waals surface area contributed by atoms with Crippen LogP contribution in [0.4, 0.5) is 0 Å². The Morgan fingerprint density at radius 2 is 2.00 bits per heavy atom. The number of nitrogens with zero attached hydrogens (tertiary/aromatic N) is 1. The minimum atomic E-state index is -1.09. The first-order valence-corrected chi connectivity index (χ1v) is 5.61. The Bertz CT molecular complexity index is 515. The second-order valence-electron chi connectivity index (χ2n) is 3.18. The van der Waals surface area contributed by atoms with Crippen molar-refractivity contribution in [2.45, 2.75) is 13.8 Å². The van der Waals surface area contributed by atoms with E-state index < -0.39 is 18.4 Å². The molecular formula is C12H15N3O3. The molecule has 6 heteroatoms. The molecule has 0 unspecified atom stereocenters. The molecule has 0 aliphatic rings. The number of nitrogens with one attached hydrogen (secondary N) is 2. The Morgan fingerprint density at radius 1 is 1.33 bits per heavy atom. The Morgan fingerprint density at radius 3 is 2.61 bits per heavy atom.